The highest BCUT2D eigenvalue weighted by Gasteiger charge is 2.36. The van der Waals surface area contributed by atoms with E-state index in [1.807, 2.05) is 0 Å². The highest BCUT2D eigenvalue weighted by Crippen LogP contribution is 2.33. The molecule has 0 spiro atoms. The van der Waals surface area contributed by atoms with Crippen LogP contribution in [0.5, 0.6) is 0 Å². The van der Waals surface area contributed by atoms with Crippen LogP contribution in [0.25, 0.3) is 0 Å². The molecule has 3 rings (SSSR count). The molecule has 1 aliphatic heterocycles. The molecular weight excluding hydrogens is 520 g/mol. The van der Waals surface area contributed by atoms with Crippen LogP contribution in [0.4, 0.5) is 22.4 Å². The number of rotatable bonds is 3. The first-order valence-corrected chi connectivity index (χ1v) is 11.4. The summed E-state index contributed by atoms with van der Waals surface area (Å²) in [5.74, 6) is -1.52. The molecule has 0 radical (unpaired) electrons. The Hall–Kier alpha value is -2.62. The number of benzene rings is 2. The number of likely N-dealkylation sites (tertiary alicyclic amines) is 1. The average molecular weight is 545 g/mol. The van der Waals surface area contributed by atoms with Crippen molar-refractivity contribution in [3.63, 3.8) is 0 Å². The van der Waals surface area contributed by atoms with Crippen molar-refractivity contribution in [3.8, 4) is 0 Å². The van der Waals surface area contributed by atoms with E-state index >= 15 is 0 Å². The Kier molecular flexibility index (Phi) is 7.59. The molecule has 0 aliphatic carbocycles. The lowest BCUT2D eigenvalue weighted by molar-refractivity contribution is -0.137. The third kappa shape index (κ3) is 6.71. The smallest absolute Gasteiger partial charge is 0.416 e. The Balaban J connectivity index is 1.85. The topological polar surface area (TPSA) is 58.6 Å². The van der Waals surface area contributed by atoms with Gasteiger partial charge in [-0.05, 0) is 63.1 Å². The second-order valence-electron chi connectivity index (χ2n) is 9.18. The number of carbonyl (C=O) groups is 2. The summed E-state index contributed by atoms with van der Waals surface area (Å²) in [7, 11) is 0. The summed E-state index contributed by atoms with van der Waals surface area (Å²) in [4.78, 5) is 27.0. The molecule has 2 unspecified atom stereocenters. The lowest BCUT2D eigenvalue weighted by Gasteiger charge is -2.39. The van der Waals surface area contributed by atoms with Crippen LogP contribution < -0.4 is 5.32 Å². The Morgan fingerprint density at radius 1 is 1.09 bits per heavy atom. The normalized spacial score (nSPS) is 19.0. The van der Waals surface area contributed by atoms with Gasteiger partial charge in [-0.1, -0.05) is 28.1 Å². The molecule has 10 heteroatoms. The number of nitrogens with zero attached hydrogens (tertiary/aromatic N) is 1. The quantitative estimate of drug-likeness (QED) is 0.473. The van der Waals surface area contributed by atoms with E-state index in [1.165, 1.54) is 23.1 Å². The number of halogens is 5. The van der Waals surface area contributed by atoms with Gasteiger partial charge in [-0.3, -0.25) is 4.79 Å². The Morgan fingerprint density at radius 2 is 1.74 bits per heavy atom. The summed E-state index contributed by atoms with van der Waals surface area (Å²) in [6, 6.07) is 8.21. The summed E-state index contributed by atoms with van der Waals surface area (Å²) >= 11 is 3.03. The van der Waals surface area contributed by atoms with Gasteiger partial charge in [0.1, 0.15) is 11.4 Å². The second kappa shape index (κ2) is 9.93. The minimum atomic E-state index is -4.60. The van der Waals surface area contributed by atoms with Crippen LogP contribution in [0.15, 0.2) is 46.9 Å². The molecule has 2 aromatic rings. The average Bonchev–Trinajstić information content (AvgIpc) is 2.72. The first-order valence-electron chi connectivity index (χ1n) is 10.6. The molecule has 1 N–H and O–H groups in total. The number of carbonyl (C=O) groups excluding carboxylic acids is 2. The van der Waals surface area contributed by atoms with Gasteiger partial charge in [-0.15, -0.1) is 0 Å². The molecule has 1 aliphatic rings. The van der Waals surface area contributed by atoms with Gasteiger partial charge in [0.2, 0.25) is 0 Å². The van der Waals surface area contributed by atoms with Crippen LogP contribution in [0, 0.1) is 5.82 Å². The Labute approximate surface area is 203 Å². The van der Waals surface area contributed by atoms with Crippen LogP contribution in [0.1, 0.15) is 54.6 Å². The molecule has 0 saturated carbocycles. The van der Waals surface area contributed by atoms with E-state index in [-0.39, 0.29) is 23.1 Å². The van der Waals surface area contributed by atoms with Gasteiger partial charge in [0, 0.05) is 35.1 Å². The molecule has 2 atom stereocenters. The summed E-state index contributed by atoms with van der Waals surface area (Å²) in [5.41, 5.74) is -1.09. The van der Waals surface area contributed by atoms with Crippen molar-refractivity contribution in [2.75, 3.05) is 13.1 Å². The van der Waals surface area contributed by atoms with Crippen LogP contribution in [0.2, 0.25) is 0 Å². The fourth-order valence-corrected chi connectivity index (χ4v) is 4.29. The van der Waals surface area contributed by atoms with Crippen molar-refractivity contribution in [1.82, 2.24) is 10.2 Å². The van der Waals surface area contributed by atoms with Gasteiger partial charge >= 0.3 is 12.3 Å². The maximum atomic E-state index is 13.5. The molecule has 2 amide bonds. The largest absolute Gasteiger partial charge is 0.444 e. The predicted octanol–water partition coefficient (Wildman–Crippen LogP) is 6.13. The maximum Gasteiger partial charge on any atom is 0.416 e. The van der Waals surface area contributed by atoms with Gasteiger partial charge in [-0.25, -0.2) is 9.18 Å². The van der Waals surface area contributed by atoms with E-state index in [0.29, 0.717) is 12.0 Å². The maximum absolute atomic E-state index is 13.5. The van der Waals surface area contributed by atoms with Gasteiger partial charge in [0.05, 0.1) is 5.56 Å². The van der Waals surface area contributed by atoms with E-state index < -0.39 is 47.1 Å². The van der Waals surface area contributed by atoms with Crippen molar-refractivity contribution < 1.29 is 31.9 Å². The number of ether oxygens (including phenoxy) is 1. The van der Waals surface area contributed by atoms with Crippen LogP contribution in [-0.4, -0.2) is 41.6 Å². The minimum Gasteiger partial charge on any atom is -0.444 e. The molecule has 34 heavy (non-hydrogen) atoms. The zero-order valence-electron chi connectivity index (χ0n) is 18.9. The Bertz CT molecular complexity index is 1050. The number of alkyl halides is 3. The van der Waals surface area contributed by atoms with Crippen molar-refractivity contribution in [3.05, 3.63) is 69.4 Å². The van der Waals surface area contributed by atoms with Crippen molar-refractivity contribution >= 4 is 27.9 Å². The lowest BCUT2D eigenvalue weighted by Crippen LogP contribution is -2.52. The number of hydrogen-bond donors (Lipinski definition) is 1. The first kappa shape index (κ1) is 26.0. The molecule has 184 valence electrons. The zero-order valence-corrected chi connectivity index (χ0v) is 20.5. The van der Waals surface area contributed by atoms with E-state index in [4.69, 9.17) is 4.74 Å². The molecule has 0 aromatic heterocycles. The summed E-state index contributed by atoms with van der Waals surface area (Å²) in [6.07, 6.45) is -4.77. The highest BCUT2D eigenvalue weighted by atomic mass is 79.9. The highest BCUT2D eigenvalue weighted by molar-refractivity contribution is 9.10. The van der Waals surface area contributed by atoms with Crippen molar-refractivity contribution in [2.45, 2.75) is 50.9 Å². The zero-order chi connectivity index (χ0) is 25.3. The van der Waals surface area contributed by atoms with Gasteiger partial charge in [-0.2, -0.15) is 13.2 Å². The SMILES string of the molecule is CC(C)(C)OC(=O)N1CCC(NC(=O)c2cc(Br)cc(C(F)(F)F)c2)C(c2ccc(F)cc2)C1. The van der Waals surface area contributed by atoms with Gasteiger partial charge in [0.15, 0.2) is 0 Å². The van der Waals surface area contributed by atoms with E-state index in [2.05, 4.69) is 21.2 Å². The molecular formula is C24H25BrF4N2O3. The van der Waals surface area contributed by atoms with Crippen molar-refractivity contribution in [2.24, 2.45) is 0 Å². The Morgan fingerprint density at radius 3 is 2.32 bits per heavy atom. The number of amides is 2. The standard InChI is InChI=1S/C24H25BrF4N2O3/c1-23(2,3)34-22(33)31-9-8-20(19(13-31)14-4-6-18(26)7-5-14)30-21(32)15-10-16(24(27,28)29)12-17(25)11-15/h4-7,10-12,19-20H,8-9,13H2,1-3H3,(H,30,32). The first-order chi connectivity index (χ1) is 15.7. The summed E-state index contributed by atoms with van der Waals surface area (Å²) in [6.45, 7) is 5.73. The summed E-state index contributed by atoms with van der Waals surface area (Å²) < 4.78 is 58.6. The summed E-state index contributed by atoms with van der Waals surface area (Å²) in [5, 5.41) is 2.81. The van der Waals surface area contributed by atoms with E-state index in [0.717, 1.165) is 12.1 Å². The molecule has 5 nitrogen and oxygen atoms in total. The van der Waals surface area contributed by atoms with E-state index in [1.54, 1.807) is 32.9 Å². The van der Waals surface area contributed by atoms with Crippen LogP contribution >= 0.6 is 15.9 Å². The molecule has 1 heterocycles. The minimum absolute atomic E-state index is 0.127. The van der Waals surface area contributed by atoms with Gasteiger partial charge < -0.3 is 15.0 Å². The fraction of sp³-hybridized carbons (Fsp3) is 0.417. The molecule has 1 fully saturated rings. The number of hydrogen-bond acceptors (Lipinski definition) is 3. The van der Waals surface area contributed by atoms with Crippen LogP contribution in [-0.2, 0) is 10.9 Å². The number of nitrogens with one attached hydrogen (secondary N) is 1. The second-order valence-corrected chi connectivity index (χ2v) is 10.1. The van der Waals surface area contributed by atoms with Crippen molar-refractivity contribution in [1.29, 1.82) is 0 Å². The van der Waals surface area contributed by atoms with Crippen LogP contribution in [0.3, 0.4) is 0 Å². The van der Waals surface area contributed by atoms with Gasteiger partial charge in [0.25, 0.3) is 5.91 Å². The molecule has 2 aromatic carbocycles. The lowest BCUT2D eigenvalue weighted by atomic mass is 9.85. The predicted molar refractivity (Wildman–Crippen MR) is 122 cm³/mol. The third-order valence-electron chi connectivity index (χ3n) is 5.37. The molecule has 1 saturated heterocycles. The van der Waals surface area contributed by atoms with E-state index in [9.17, 15) is 27.2 Å². The third-order valence-corrected chi connectivity index (χ3v) is 5.82. The molecule has 0 bridgehead atoms. The fourth-order valence-electron chi connectivity index (χ4n) is 3.80. The monoisotopic (exact) mass is 544 g/mol. The number of piperidine rings is 1.